The molecule has 0 bridgehead atoms. The van der Waals surface area contributed by atoms with E-state index in [2.05, 4.69) is 10.4 Å². The Morgan fingerprint density at radius 3 is 2.80 bits per heavy atom. The van der Waals surface area contributed by atoms with Gasteiger partial charge in [-0.15, -0.1) is 11.3 Å². The van der Waals surface area contributed by atoms with Crippen molar-refractivity contribution >= 4 is 29.0 Å². The standard InChI is InChI=1S/C9H15N3OS2/c1-5(2)7-8(9(13)12-10)15-6(11-7)4-14-3/h5H,4,10H2,1-3H3,(H,12,13). The summed E-state index contributed by atoms with van der Waals surface area (Å²) in [5.41, 5.74) is 3.00. The summed E-state index contributed by atoms with van der Waals surface area (Å²) in [5.74, 6) is 5.96. The molecule has 0 spiro atoms. The zero-order valence-corrected chi connectivity index (χ0v) is 10.7. The topological polar surface area (TPSA) is 68.0 Å². The molecule has 15 heavy (non-hydrogen) atoms. The molecule has 1 heterocycles. The Bertz CT molecular complexity index is 349. The first-order valence-electron chi connectivity index (χ1n) is 4.59. The molecule has 1 rings (SSSR count). The maximum absolute atomic E-state index is 11.5. The van der Waals surface area contributed by atoms with E-state index in [9.17, 15) is 4.79 Å². The molecule has 0 aliphatic rings. The number of carbonyl (C=O) groups excluding carboxylic acids is 1. The van der Waals surface area contributed by atoms with E-state index in [1.54, 1.807) is 11.8 Å². The van der Waals surface area contributed by atoms with Gasteiger partial charge in [0.25, 0.3) is 5.91 Å². The number of rotatable bonds is 4. The van der Waals surface area contributed by atoms with Crippen LogP contribution in [0.4, 0.5) is 0 Å². The summed E-state index contributed by atoms with van der Waals surface area (Å²) in [7, 11) is 0. The number of hydrogen-bond acceptors (Lipinski definition) is 5. The average Bonchev–Trinajstić information content (AvgIpc) is 2.61. The normalized spacial score (nSPS) is 10.7. The summed E-state index contributed by atoms with van der Waals surface area (Å²) < 4.78 is 0. The summed E-state index contributed by atoms with van der Waals surface area (Å²) in [4.78, 5) is 16.6. The van der Waals surface area contributed by atoms with Crippen molar-refractivity contribution < 1.29 is 4.79 Å². The van der Waals surface area contributed by atoms with Crippen LogP contribution in [0.2, 0.25) is 0 Å². The number of hydrogen-bond donors (Lipinski definition) is 2. The van der Waals surface area contributed by atoms with Crippen molar-refractivity contribution in [3.63, 3.8) is 0 Å². The minimum atomic E-state index is -0.247. The molecule has 0 radical (unpaired) electrons. The number of nitrogens with zero attached hydrogens (tertiary/aromatic N) is 1. The fourth-order valence-corrected chi connectivity index (χ4v) is 3.00. The summed E-state index contributed by atoms with van der Waals surface area (Å²) in [6.45, 7) is 4.04. The zero-order chi connectivity index (χ0) is 11.4. The fraction of sp³-hybridized carbons (Fsp3) is 0.556. The van der Waals surface area contributed by atoms with Gasteiger partial charge in [-0.25, -0.2) is 10.8 Å². The Hall–Kier alpha value is -0.590. The summed E-state index contributed by atoms with van der Waals surface area (Å²) in [6.07, 6.45) is 2.01. The van der Waals surface area contributed by atoms with Crippen LogP contribution < -0.4 is 11.3 Å². The van der Waals surface area contributed by atoms with Crippen LogP contribution >= 0.6 is 23.1 Å². The van der Waals surface area contributed by atoms with Gasteiger partial charge in [0.1, 0.15) is 9.88 Å². The van der Waals surface area contributed by atoms with Crippen molar-refractivity contribution in [2.75, 3.05) is 6.26 Å². The molecule has 0 saturated carbocycles. The summed E-state index contributed by atoms with van der Waals surface area (Å²) in [5, 5.41) is 0.977. The van der Waals surface area contributed by atoms with Crippen molar-refractivity contribution in [3.8, 4) is 0 Å². The number of carbonyl (C=O) groups is 1. The van der Waals surface area contributed by atoms with Crippen LogP contribution in [-0.4, -0.2) is 17.1 Å². The van der Waals surface area contributed by atoms with Gasteiger partial charge in [-0.05, 0) is 12.2 Å². The van der Waals surface area contributed by atoms with Gasteiger partial charge >= 0.3 is 0 Å². The van der Waals surface area contributed by atoms with E-state index in [1.807, 2.05) is 20.1 Å². The Labute approximate surface area is 97.6 Å². The number of nitrogen functional groups attached to an aromatic ring is 1. The van der Waals surface area contributed by atoms with Gasteiger partial charge in [0.05, 0.1) is 5.69 Å². The van der Waals surface area contributed by atoms with E-state index in [-0.39, 0.29) is 11.8 Å². The van der Waals surface area contributed by atoms with Crippen molar-refractivity contribution in [2.45, 2.75) is 25.5 Å². The molecule has 1 aromatic heterocycles. The maximum Gasteiger partial charge on any atom is 0.277 e. The van der Waals surface area contributed by atoms with E-state index in [4.69, 9.17) is 5.84 Å². The molecule has 4 nitrogen and oxygen atoms in total. The predicted octanol–water partition coefficient (Wildman–Crippen LogP) is 1.73. The molecule has 84 valence electrons. The maximum atomic E-state index is 11.5. The highest BCUT2D eigenvalue weighted by atomic mass is 32.2. The predicted molar refractivity (Wildman–Crippen MR) is 65.1 cm³/mol. The quantitative estimate of drug-likeness (QED) is 0.481. The number of nitrogens with two attached hydrogens (primary N) is 1. The lowest BCUT2D eigenvalue weighted by molar-refractivity contribution is 0.0956. The van der Waals surface area contributed by atoms with Gasteiger partial charge in [-0.3, -0.25) is 10.2 Å². The van der Waals surface area contributed by atoms with Gasteiger partial charge in [-0.1, -0.05) is 13.8 Å². The minimum Gasteiger partial charge on any atom is -0.289 e. The first-order valence-corrected chi connectivity index (χ1v) is 6.80. The van der Waals surface area contributed by atoms with Crippen LogP contribution in [0.15, 0.2) is 0 Å². The Morgan fingerprint density at radius 2 is 2.33 bits per heavy atom. The van der Waals surface area contributed by atoms with Crippen LogP contribution in [0.5, 0.6) is 0 Å². The molecule has 0 unspecified atom stereocenters. The third kappa shape index (κ3) is 2.93. The molecule has 6 heteroatoms. The lowest BCUT2D eigenvalue weighted by atomic mass is 10.1. The first-order chi connectivity index (χ1) is 7.10. The Kier molecular flexibility index (Phi) is 4.56. The second-order valence-corrected chi connectivity index (χ2v) is 5.33. The number of amides is 1. The SMILES string of the molecule is CSCc1nc(C(C)C)c(C(=O)NN)s1. The van der Waals surface area contributed by atoms with Gasteiger partial charge < -0.3 is 0 Å². The van der Waals surface area contributed by atoms with E-state index < -0.39 is 0 Å². The second-order valence-electron chi connectivity index (χ2n) is 3.38. The molecular formula is C9H15N3OS2. The third-order valence-corrected chi connectivity index (χ3v) is 3.66. The Morgan fingerprint density at radius 1 is 1.67 bits per heavy atom. The van der Waals surface area contributed by atoms with Crippen molar-refractivity contribution in [3.05, 3.63) is 15.6 Å². The van der Waals surface area contributed by atoms with Crippen LogP contribution in [0, 0.1) is 0 Å². The number of thioether (sulfide) groups is 1. The van der Waals surface area contributed by atoms with Crippen molar-refractivity contribution in [1.82, 2.24) is 10.4 Å². The highest BCUT2D eigenvalue weighted by molar-refractivity contribution is 7.97. The summed E-state index contributed by atoms with van der Waals surface area (Å²) >= 11 is 3.11. The molecule has 3 N–H and O–H groups in total. The van der Waals surface area contributed by atoms with Gasteiger partial charge in [0, 0.05) is 5.75 Å². The summed E-state index contributed by atoms with van der Waals surface area (Å²) in [6, 6.07) is 0. The molecule has 1 amide bonds. The van der Waals surface area contributed by atoms with E-state index in [0.29, 0.717) is 4.88 Å². The van der Waals surface area contributed by atoms with Gasteiger partial charge in [-0.2, -0.15) is 11.8 Å². The molecule has 0 fully saturated rings. The van der Waals surface area contributed by atoms with Crippen molar-refractivity contribution in [1.29, 1.82) is 0 Å². The van der Waals surface area contributed by atoms with E-state index in [0.717, 1.165) is 16.5 Å². The zero-order valence-electron chi connectivity index (χ0n) is 9.03. The number of hydrazine groups is 1. The van der Waals surface area contributed by atoms with E-state index >= 15 is 0 Å². The van der Waals surface area contributed by atoms with Crippen LogP contribution in [-0.2, 0) is 5.75 Å². The molecular weight excluding hydrogens is 230 g/mol. The molecule has 0 aliphatic carbocycles. The molecule has 1 aromatic rings. The van der Waals surface area contributed by atoms with Crippen LogP contribution in [0.3, 0.4) is 0 Å². The highest BCUT2D eigenvalue weighted by Crippen LogP contribution is 2.26. The van der Waals surface area contributed by atoms with Crippen LogP contribution in [0.1, 0.15) is 40.1 Å². The molecule has 0 saturated heterocycles. The van der Waals surface area contributed by atoms with Gasteiger partial charge in [0.15, 0.2) is 0 Å². The molecule has 0 atom stereocenters. The van der Waals surface area contributed by atoms with Crippen molar-refractivity contribution in [2.24, 2.45) is 5.84 Å². The molecule has 0 aliphatic heterocycles. The average molecular weight is 245 g/mol. The minimum absolute atomic E-state index is 0.240. The number of thiazole rings is 1. The monoisotopic (exact) mass is 245 g/mol. The van der Waals surface area contributed by atoms with E-state index in [1.165, 1.54) is 11.3 Å². The second kappa shape index (κ2) is 5.48. The van der Waals surface area contributed by atoms with Crippen LogP contribution in [0.25, 0.3) is 0 Å². The largest absolute Gasteiger partial charge is 0.289 e. The highest BCUT2D eigenvalue weighted by Gasteiger charge is 2.19. The number of aromatic nitrogens is 1. The third-order valence-electron chi connectivity index (χ3n) is 1.85. The fourth-order valence-electron chi connectivity index (χ4n) is 1.18. The Balaban J connectivity index is 3.05. The number of nitrogens with one attached hydrogen (secondary N) is 1. The smallest absolute Gasteiger partial charge is 0.277 e. The molecule has 0 aromatic carbocycles. The van der Waals surface area contributed by atoms with Gasteiger partial charge in [0.2, 0.25) is 0 Å². The lowest BCUT2D eigenvalue weighted by Gasteiger charge is -2.02. The lowest BCUT2D eigenvalue weighted by Crippen LogP contribution is -2.30. The first kappa shape index (κ1) is 12.5.